The molecule has 9 heteroatoms. The molecule has 53 heavy (non-hydrogen) atoms. The summed E-state index contributed by atoms with van der Waals surface area (Å²) in [5, 5.41) is 3.54. The van der Waals surface area contributed by atoms with Gasteiger partial charge in [0, 0.05) is 74.8 Å². The van der Waals surface area contributed by atoms with Crippen LogP contribution in [0.3, 0.4) is 0 Å². The molecule has 2 heterocycles. The Balaban J connectivity index is 1.23. The molecule has 6 rings (SSSR count). The number of primary amides is 1. The predicted molar refractivity (Wildman–Crippen MR) is 208 cm³/mol. The largest absolute Gasteiger partial charge is 0.363 e. The van der Waals surface area contributed by atoms with Crippen LogP contribution in [-0.4, -0.2) is 83.3 Å². The van der Waals surface area contributed by atoms with E-state index < -0.39 is 35.0 Å². The Labute approximate surface area is 320 Å². The Morgan fingerprint density at radius 2 is 1.53 bits per heavy atom. The van der Waals surface area contributed by atoms with Crippen LogP contribution in [0.5, 0.6) is 0 Å². The summed E-state index contributed by atoms with van der Waals surface area (Å²) in [5.41, 5.74) is 5.02. The van der Waals surface area contributed by atoms with Crippen molar-refractivity contribution < 1.29 is 24.0 Å². The molecule has 4 aliphatic carbocycles. The summed E-state index contributed by atoms with van der Waals surface area (Å²) in [6, 6.07) is -0.656. The maximum atomic E-state index is 15.1. The Bertz CT molecular complexity index is 1420. The van der Waals surface area contributed by atoms with E-state index in [-0.39, 0.29) is 58.0 Å². The Morgan fingerprint density at radius 1 is 0.849 bits per heavy atom. The van der Waals surface area contributed by atoms with Crippen LogP contribution in [-0.2, 0) is 24.0 Å². The van der Waals surface area contributed by atoms with E-state index in [2.05, 4.69) is 58.7 Å². The maximum Gasteiger partial charge on any atom is 0.285 e. The van der Waals surface area contributed by atoms with Crippen molar-refractivity contribution >= 4 is 29.2 Å². The number of piperazine rings is 1. The molecule has 4 saturated carbocycles. The third-order valence-electron chi connectivity index (χ3n) is 16.4. The molecule has 298 valence electrons. The van der Waals surface area contributed by atoms with Crippen molar-refractivity contribution in [1.29, 1.82) is 0 Å². The number of nitrogens with two attached hydrogens (primary N) is 1. The molecule has 0 aromatic carbocycles. The van der Waals surface area contributed by atoms with Crippen molar-refractivity contribution in [3.05, 3.63) is 0 Å². The number of carbonyl (C=O) groups is 5. The number of Topliss-reactive ketones (excluding diaryl/α,β-unsaturated/α-hetero) is 3. The van der Waals surface area contributed by atoms with E-state index in [1.807, 2.05) is 4.90 Å². The Hall–Kier alpha value is -2.13. The second-order valence-electron chi connectivity index (χ2n) is 20.9. The van der Waals surface area contributed by atoms with Crippen LogP contribution in [0.1, 0.15) is 151 Å². The third-order valence-corrected chi connectivity index (χ3v) is 16.4. The molecule has 0 radical (unpaired) electrons. The van der Waals surface area contributed by atoms with Gasteiger partial charge >= 0.3 is 0 Å². The van der Waals surface area contributed by atoms with Crippen molar-refractivity contribution in [1.82, 2.24) is 15.1 Å². The Morgan fingerprint density at radius 3 is 2.06 bits per heavy atom. The topological polar surface area (TPSA) is 130 Å². The molecule has 2 aliphatic heterocycles. The number of hydrogen-bond donors (Lipinski definition) is 2. The van der Waals surface area contributed by atoms with E-state index in [1.165, 1.54) is 38.5 Å². The van der Waals surface area contributed by atoms with E-state index in [0.29, 0.717) is 37.6 Å². The van der Waals surface area contributed by atoms with E-state index in [0.717, 1.165) is 58.3 Å². The second kappa shape index (κ2) is 15.1. The van der Waals surface area contributed by atoms with Gasteiger partial charge in [0.25, 0.3) is 5.91 Å². The van der Waals surface area contributed by atoms with Gasteiger partial charge in [0.2, 0.25) is 11.7 Å². The van der Waals surface area contributed by atoms with Gasteiger partial charge in [0.05, 0.1) is 6.04 Å². The average molecular weight is 737 g/mol. The molecule has 0 aromatic heterocycles. The summed E-state index contributed by atoms with van der Waals surface area (Å²) in [6.45, 7) is 19.7. The highest BCUT2D eigenvalue weighted by Gasteiger charge is 2.85. The molecule has 5 atom stereocenters. The smallest absolute Gasteiger partial charge is 0.285 e. The van der Waals surface area contributed by atoms with Gasteiger partial charge < -0.3 is 16.0 Å². The lowest BCUT2D eigenvalue weighted by Gasteiger charge is -2.46. The van der Waals surface area contributed by atoms with Gasteiger partial charge in [-0.25, -0.2) is 0 Å². The first-order chi connectivity index (χ1) is 24.8. The fourth-order valence-corrected chi connectivity index (χ4v) is 12.3. The van der Waals surface area contributed by atoms with Crippen molar-refractivity contribution in [2.24, 2.45) is 57.0 Å². The highest BCUT2D eigenvalue weighted by atomic mass is 16.2. The molecule has 1 unspecified atom stereocenters. The van der Waals surface area contributed by atoms with Crippen molar-refractivity contribution in [3.8, 4) is 0 Å². The van der Waals surface area contributed by atoms with E-state index >= 15 is 4.79 Å². The maximum absolute atomic E-state index is 15.1. The van der Waals surface area contributed by atoms with Crippen molar-refractivity contribution in [2.75, 3.05) is 32.7 Å². The lowest BCUT2D eigenvalue weighted by atomic mass is 9.73. The predicted octanol–water partition coefficient (Wildman–Crippen LogP) is 6.50. The zero-order valence-corrected chi connectivity index (χ0v) is 34.3. The zero-order chi connectivity index (χ0) is 38.6. The van der Waals surface area contributed by atoms with Gasteiger partial charge in [-0.15, -0.1) is 0 Å². The van der Waals surface area contributed by atoms with Crippen LogP contribution in [0.2, 0.25) is 0 Å². The molecule has 0 aromatic rings. The first-order valence-electron chi connectivity index (χ1n) is 21.5. The third kappa shape index (κ3) is 7.57. The summed E-state index contributed by atoms with van der Waals surface area (Å²) >= 11 is 0. The van der Waals surface area contributed by atoms with Crippen molar-refractivity contribution in [3.63, 3.8) is 0 Å². The minimum Gasteiger partial charge on any atom is -0.363 e. The van der Waals surface area contributed by atoms with Gasteiger partial charge in [-0.3, -0.25) is 28.9 Å². The average Bonchev–Trinajstić information content (AvgIpc) is 3.26. The molecular weight excluding hydrogens is 665 g/mol. The van der Waals surface area contributed by atoms with Crippen molar-refractivity contribution in [2.45, 2.75) is 163 Å². The number of carbonyl (C=O) groups excluding carboxylic acids is 5. The summed E-state index contributed by atoms with van der Waals surface area (Å²) in [7, 11) is 0. The molecule has 3 N–H and O–H groups in total. The van der Waals surface area contributed by atoms with Crippen LogP contribution in [0.25, 0.3) is 0 Å². The van der Waals surface area contributed by atoms with Crippen LogP contribution < -0.4 is 11.1 Å². The standard InChI is InChI=1S/C44H72N4O5/c1-40(2,3)34(24-33(49)22-32(30-15-9-8-10-16-30)26-47-20-19-46-27-41(47,4)5)39(53)48-28-44(42(6,7)43(44)17-12-18-43)25-35(48)36(50)23-31(37(51)38(45)52)21-29-13-11-14-29/h29-32,34-35,46H,8-28H2,1-7H3,(H2,45,52)/t31?,32-,34-,35+,44-/m1/s1. The summed E-state index contributed by atoms with van der Waals surface area (Å²) in [6.07, 6.45) is 14.3. The van der Waals surface area contributed by atoms with Gasteiger partial charge in [0.15, 0.2) is 5.78 Å². The highest BCUT2D eigenvalue weighted by Crippen LogP contribution is 2.88. The monoisotopic (exact) mass is 737 g/mol. The number of hydrogen-bond acceptors (Lipinski definition) is 7. The first-order valence-corrected chi connectivity index (χ1v) is 21.5. The van der Waals surface area contributed by atoms with Gasteiger partial charge in [-0.05, 0) is 73.5 Å². The first kappa shape index (κ1) is 40.5. The van der Waals surface area contributed by atoms with Crippen LogP contribution in [0.4, 0.5) is 0 Å². The molecule has 2 amide bonds. The minimum absolute atomic E-state index is 0.00178. The van der Waals surface area contributed by atoms with E-state index in [9.17, 15) is 19.2 Å². The number of likely N-dealkylation sites (tertiary alicyclic amines) is 1. The number of amides is 2. The molecule has 6 fully saturated rings. The Kier molecular flexibility index (Phi) is 11.5. The fourth-order valence-electron chi connectivity index (χ4n) is 12.3. The molecule has 2 saturated heterocycles. The minimum atomic E-state index is -0.979. The van der Waals surface area contributed by atoms with Crippen LogP contribution >= 0.6 is 0 Å². The fraction of sp³-hybridized carbons (Fsp3) is 0.886. The molecule has 2 spiro atoms. The number of nitrogens with zero attached hydrogens (tertiary/aromatic N) is 2. The lowest BCUT2D eigenvalue weighted by molar-refractivity contribution is -0.147. The molecule has 0 bridgehead atoms. The van der Waals surface area contributed by atoms with Crippen LogP contribution in [0.15, 0.2) is 0 Å². The highest BCUT2D eigenvalue weighted by molar-refractivity contribution is 6.36. The quantitative estimate of drug-likeness (QED) is 0.184. The molecular formula is C44H72N4O5. The van der Waals surface area contributed by atoms with Gasteiger partial charge in [0.1, 0.15) is 5.78 Å². The number of fused-ring (bicyclic) bond motifs is 1. The lowest BCUT2D eigenvalue weighted by Crippen LogP contribution is -2.59. The number of rotatable bonds is 15. The molecule has 9 nitrogen and oxygen atoms in total. The van der Waals surface area contributed by atoms with Gasteiger partial charge in [-0.2, -0.15) is 0 Å². The van der Waals surface area contributed by atoms with Crippen LogP contribution in [0, 0.1) is 51.2 Å². The second-order valence-corrected chi connectivity index (χ2v) is 20.9. The number of ketones is 3. The SMILES string of the molecule is CC(C)(C)[C@H](CC(=O)C[C@H](CN1CCNCC1(C)C)C1CCCCC1)C(=O)N1C[C@]2(C[C@H]1C(=O)CC(CC1CCC1)C(=O)C(N)=O)C(C)(C)C21CCC1. The summed E-state index contributed by atoms with van der Waals surface area (Å²) in [5.74, 6) is -1.86. The zero-order valence-electron chi connectivity index (χ0n) is 34.3. The summed E-state index contributed by atoms with van der Waals surface area (Å²) in [4.78, 5) is 73.6. The van der Waals surface area contributed by atoms with E-state index in [4.69, 9.17) is 5.73 Å². The molecule has 6 aliphatic rings. The number of nitrogens with one attached hydrogen (secondary N) is 1. The van der Waals surface area contributed by atoms with E-state index in [1.54, 1.807) is 0 Å². The normalized spacial score (nSPS) is 29.9. The summed E-state index contributed by atoms with van der Waals surface area (Å²) < 4.78 is 0. The van der Waals surface area contributed by atoms with Gasteiger partial charge in [-0.1, -0.05) is 92.4 Å².